The summed E-state index contributed by atoms with van der Waals surface area (Å²) >= 11 is 0. The van der Waals surface area contributed by atoms with E-state index in [0.717, 1.165) is 19.3 Å². The molecule has 0 saturated carbocycles. The first-order valence-electron chi connectivity index (χ1n) is 9.70. The number of hydrogen-bond donors (Lipinski definition) is 0. The van der Waals surface area contributed by atoms with E-state index in [2.05, 4.69) is 98.8 Å². The van der Waals surface area contributed by atoms with Crippen molar-refractivity contribution in [3.05, 3.63) is 113 Å². The Morgan fingerprint density at radius 1 is 0.962 bits per heavy atom. The second-order valence-electron chi connectivity index (χ2n) is 7.15. The third kappa shape index (κ3) is 2.44. The summed E-state index contributed by atoms with van der Waals surface area (Å²) in [6.45, 7) is 4.49. The van der Waals surface area contributed by atoms with Crippen molar-refractivity contribution in [3.8, 4) is 0 Å². The molecule has 0 bridgehead atoms. The van der Waals surface area contributed by atoms with Crippen molar-refractivity contribution in [1.82, 2.24) is 0 Å². The maximum absolute atomic E-state index is 2.45. The van der Waals surface area contributed by atoms with Crippen molar-refractivity contribution in [1.29, 1.82) is 0 Å². The van der Waals surface area contributed by atoms with Gasteiger partial charge in [0.25, 0.3) is 0 Å². The summed E-state index contributed by atoms with van der Waals surface area (Å²) in [7, 11) is 0. The molecule has 1 atom stereocenters. The summed E-state index contributed by atoms with van der Waals surface area (Å²) in [5.74, 6) is 0. The summed E-state index contributed by atoms with van der Waals surface area (Å²) in [5, 5.41) is 0. The van der Waals surface area contributed by atoms with Crippen LogP contribution in [0.1, 0.15) is 49.8 Å². The van der Waals surface area contributed by atoms with E-state index in [1.165, 1.54) is 33.4 Å². The van der Waals surface area contributed by atoms with E-state index in [-0.39, 0.29) is 5.41 Å². The van der Waals surface area contributed by atoms with Gasteiger partial charge in [-0.15, -0.1) is 0 Å². The zero-order valence-corrected chi connectivity index (χ0v) is 15.7. The highest BCUT2D eigenvalue weighted by molar-refractivity contribution is 5.87. The predicted molar refractivity (Wildman–Crippen MR) is 112 cm³/mol. The molecular formula is C26H26. The van der Waals surface area contributed by atoms with Crippen LogP contribution in [0.3, 0.4) is 0 Å². The minimum atomic E-state index is -0.204. The van der Waals surface area contributed by atoms with E-state index in [9.17, 15) is 0 Å². The minimum Gasteiger partial charge on any atom is -0.0845 e. The lowest BCUT2D eigenvalue weighted by atomic mass is 9.65. The van der Waals surface area contributed by atoms with Crippen LogP contribution >= 0.6 is 0 Å². The van der Waals surface area contributed by atoms with Gasteiger partial charge >= 0.3 is 0 Å². The molecule has 0 saturated heterocycles. The molecule has 4 rings (SSSR count). The summed E-state index contributed by atoms with van der Waals surface area (Å²) in [6, 6.07) is 20.0. The SMILES string of the molecule is CC/C=C\C1=C(C)c2ccccc2C1(C1=CCCC=C1)c1ccccc1. The normalized spacial score (nSPS) is 22.0. The van der Waals surface area contributed by atoms with Gasteiger partial charge in [-0.25, -0.2) is 0 Å². The second-order valence-corrected chi connectivity index (χ2v) is 7.15. The van der Waals surface area contributed by atoms with Gasteiger partial charge in [-0.05, 0) is 59.6 Å². The van der Waals surface area contributed by atoms with Gasteiger partial charge in [0, 0.05) is 0 Å². The van der Waals surface area contributed by atoms with Gasteiger partial charge in [-0.1, -0.05) is 91.9 Å². The van der Waals surface area contributed by atoms with Crippen molar-refractivity contribution in [2.24, 2.45) is 0 Å². The molecular weight excluding hydrogens is 312 g/mol. The Bertz CT molecular complexity index is 922. The molecule has 2 aliphatic rings. The molecule has 2 aromatic carbocycles. The molecule has 26 heavy (non-hydrogen) atoms. The molecule has 0 amide bonds. The summed E-state index contributed by atoms with van der Waals surface area (Å²) in [5.41, 5.74) is 8.18. The molecule has 0 heterocycles. The largest absolute Gasteiger partial charge is 0.0845 e. The van der Waals surface area contributed by atoms with Gasteiger partial charge in [0.05, 0.1) is 5.41 Å². The van der Waals surface area contributed by atoms with E-state index < -0.39 is 0 Å². The first-order chi connectivity index (χ1) is 12.8. The van der Waals surface area contributed by atoms with Gasteiger partial charge in [-0.3, -0.25) is 0 Å². The highest BCUT2D eigenvalue weighted by atomic mass is 14.5. The Balaban J connectivity index is 2.10. The Labute approximate surface area is 157 Å². The quantitative estimate of drug-likeness (QED) is 0.563. The predicted octanol–water partition coefficient (Wildman–Crippen LogP) is 7.00. The highest BCUT2D eigenvalue weighted by Gasteiger charge is 2.46. The van der Waals surface area contributed by atoms with Crippen molar-refractivity contribution < 1.29 is 0 Å². The van der Waals surface area contributed by atoms with Gasteiger partial charge in [0.1, 0.15) is 0 Å². The number of hydrogen-bond acceptors (Lipinski definition) is 0. The Kier molecular flexibility index (Phi) is 4.51. The fourth-order valence-corrected chi connectivity index (χ4v) is 4.56. The maximum Gasteiger partial charge on any atom is 0.0706 e. The van der Waals surface area contributed by atoms with Crippen LogP contribution in [-0.2, 0) is 5.41 Å². The standard InChI is InChI=1S/C26H26/c1-3-4-18-24-20(2)23-17-11-12-19-25(23)26(24,21-13-7-5-8-14-21)22-15-9-6-10-16-22/h4-5,7-9,11-19H,3,6,10H2,1-2H3/b18-4-. The minimum absolute atomic E-state index is 0.204. The molecule has 0 aromatic heterocycles. The zero-order valence-electron chi connectivity index (χ0n) is 15.7. The lowest BCUT2D eigenvalue weighted by molar-refractivity contribution is 0.744. The Morgan fingerprint density at radius 2 is 1.73 bits per heavy atom. The first kappa shape index (κ1) is 16.8. The summed E-state index contributed by atoms with van der Waals surface area (Å²) in [4.78, 5) is 0. The molecule has 0 heteroatoms. The van der Waals surface area contributed by atoms with Gasteiger partial charge < -0.3 is 0 Å². The van der Waals surface area contributed by atoms with Crippen LogP contribution in [-0.4, -0.2) is 0 Å². The van der Waals surface area contributed by atoms with Crippen LogP contribution in [0.4, 0.5) is 0 Å². The van der Waals surface area contributed by atoms with Crippen LogP contribution in [0, 0.1) is 0 Å². The smallest absolute Gasteiger partial charge is 0.0706 e. The van der Waals surface area contributed by atoms with Gasteiger partial charge in [-0.2, -0.15) is 0 Å². The first-order valence-corrected chi connectivity index (χ1v) is 9.70. The van der Waals surface area contributed by atoms with Crippen LogP contribution < -0.4 is 0 Å². The van der Waals surface area contributed by atoms with Crippen LogP contribution in [0.15, 0.2) is 96.1 Å². The molecule has 0 N–H and O–H groups in total. The average molecular weight is 338 g/mol. The highest BCUT2D eigenvalue weighted by Crippen LogP contribution is 2.55. The number of rotatable bonds is 4. The molecule has 0 nitrogen and oxygen atoms in total. The molecule has 2 aromatic rings. The Hall–Kier alpha value is -2.60. The molecule has 130 valence electrons. The molecule has 0 spiro atoms. The Morgan fingerprint density at radius 3 is 2.46 bits per heavy atom. The average Bonchev–Trinajstić information content (AvgIpc) is 2.97. The van der Waals surface area contributed by atoms with E-state index in [4.69, 9.17) is 0 Å². The van der Waals surface area contributed by atoms with Crippen molar-refractivity contribution in [2.75, 3.05) is 0 Å². The fraction of sp³-hybridized carbons (Fsp3) is 0.231. The van der Waals surface area contributed by atoms with Crippen LogP contribution in [0.5, 0.6) is 0 Å². The van der Waals surface area contributed by atoms with E-state index >= 15 is 0 Å². The maximum atomic E-state index is 2.45. The fourth-order valence-electron chi connectivity index (χ4n) is 4.56. The summed E-state index contributed by atoms with van der Waals surface area (Å²) < 4.78 is 0. The third-order valence-electron chi connectivity index (χ3n) is 5.70. The van der Waals surface area contributed by atoms with Crippen molar-refractivity contribution in [3.63, 3.8) is 0 Å². The zero-order chi connectivity index (χ0) is 18.0. The monoisotopic (exact) mass is 338 g/mol. The van der Waals surface area contributed by atoms with E-state index in [1.54, 1.807) is 0 Å². The number of benzene rings is 2. The molecule has 0 radical (unpaired) electrons. The van der Waals surface area contributed by atoms with Crippen molar-refractivity contribution in [2.45, 2.75) is 38.5 Å². The molecule has 1 unspecified atom stereocenters. The van der Waals surface area contributed by atoms with E-state index in [0.29, 0.717) is 0 Å². The van der Waals surface area contributed by atoms with Gasteiger partial charge in [0.15, 0.2) is 0 Å². The number of allylic oxidation sites excluding steroid dienone is 8. The lowest BCUT2D eigenvalue weighted by Crippen LogP contribution is -2.30. The summed E-state index contributed by atoms with van der Waals surface area (Å²) in [6.07, 6.45) is 15.1. The number of fused-ring (bicyclic) bond motifs is 1. The van der Waals surface area contributed by atoms with Crippen molar-refractivity contribution >= 4 is 5.57 Å². The third-order valence-corrected chi connectivity index (χ3v) is 5.70. The van der Waals surface area contributed by atoms with Crippen LogP contribution in [0.25, 0.3) is 5.57 Å². The molecule has 0 fully saturated rings. The second kappa shape index (κ2) is 6.96. The van der Waals surface area contributed by atoms with E-state index in [1.807, 2.05) is 0 Å². The van der Waals surface area contributed by atoms with Crippen LogP contribution in [0.2, 0.25) is 0 Å². The molecule has 2 aliphatic carbocycles. The van der Waals surface area contributed by atoms with Gasteiger partial charge in [0.2, 0.25) is 0 Å². The lowest BCUT2D eigenvalue weighted by Gasteiger charge is -2.36. The topological polar surface area (TPSA) is 0 Å². The molecule has 0 aliphatic heterocycles.